The van der Waals surface area contributed by atoms with E-state index in [-0.39, 0.29) is 11.9 Å². The lowest BCUT2D eigenvalue weighted by atomic mass is 10.0. The highest BCUT2D eigenvalue weighted by Crippen LogP contribution is 2.36. The first-order valence-corrected chi connectivity index (χ1v) is 14.1. The lowest BCUT2D eigenvalue weighted by Crippen LogP contribution is -2.44. The van der Waals surface area contributed by atoms with Crippen LogP contribution < -0.4 is 20.1 Å². The van der Waals surface area contributed by atoms with Gasteiger partial charge < -0.3 is 25.0 Å². The first kappa shape index (κ1) is 29.6. The molecule has 188 valence electrons. The zero-order valence-electron chi connectivity index (χ0n) is 19.8. The Kier molecular flexibility index (Phi) is 12.9. The summed E-state index contributed by atoms with van der Waals surface area (Å²) in [5.74, 6) is 1.50. The number of likely N-dealkylation sites (N-methyl/N-ethyl adjacent to an activating group) is 1. The fraction of sp³-hybridized carbons (Fsp3) is 0.458. The number of rotatable bonds is 13. The topological polar surface area (TPSA) is 62.8 Å². The van der Waals surface area contributed by atoms with Gasteiger partial charge >= 0.3 is 0 Å². The molecule has 6 nitrogen and oxygen atoms in total. The summed E-state index contributed by atoms with van der Waals surface area (Å²) in [6.07, 6.45) is 2.22. The molecule has 0 unspecified atom stereocenters. The van der Waals surface area contributed by atoms with Gasteiger partial charge in [-0.2, -0.15) is 0 Å². The van der Waals surface area contributed by atoms with Crippen molar-refractivity contribution in [3.05, 3.63) is 53.3 Å². The lowest BCUT2D eigenvalue weighted by Gasteiger charge is -2.18. The van der Waals surface area contributed by atoms with Crippen molar-refractivity contribution < 1.29 is 14.3 Å². The molecule has 0 saturated carbocycles. The van der Waals surface area contributed by atoms with Gasteiger partial charge in [0.1, 0.15) is 11.5 Å². The molecule has 2 N–H and O–H groups in total. The summed E-state index contributed by atoms with van der Waals surface area (Å²) in [5, 5.41) is 6.16. The van der Waals surface area contributed by atoms with Crippen molar-refractivity contribution in [1.82, 2.24) is 15.5 Å². The highest BCUT2D eigenvalue weighted by Gasteiger charge is 2.18. The first-order chi connectivity index (χ1) is 16.2. The molecule has 0 radical (unpaired) electrons. The number of benzene rings is 2. The van der Waals surface area contributed by atoms with Crippen LogP contribution in [-0.4, -0.2) is 64.8 Å². The Morgan fingerprint density at radius 1 is 0.971 bits per heavy atom. The fourth-order valence-corrected chi connectivity index (χ4v) is 6.50. The monoisotopic (exact) mass is 725 g/mol. The lowest BCUT2D eigenvalue weighted by molar-refractivity contribution is -0.122. The van der Waals surface area contributed by atoms with Crippen molar-refractivity contribution in [3.8, 4) is 11.5 Å². The average molecular weight is 729 g/mol. The molecule has 34 heavy (non-hydrogen) atoms. The van der Waals surface area contributed by atoms with Crippen molar-refractivity contribution in [2.45, 2.75) is 25.3 Å². The molecule has 0 fully saturated rings. The Morgan fingerprint density at radius 2 is 1.53 bits per heavy atom. The molecule has 1 atom stereocenters. The number of carbonyl (C=O) groups is 1. The predicted molar refractivity (Wildman–Crippen MR) is 152 cm³/mol. The van der Waals surface area contributed by atoms with Crippen molar-refractivity contribution >= 4 is 69.6 Å². The van der Waals surface area contributed by atoms with Crippen LogP contribution in [0.4, 0.5) is 0 Å². The number of hydrogen-bond acceptors (Lipinski definition) is 5. The van der Waals surface area contributed by atoms with Crippen molar-refractivity contribution in [1.29, 1.82) is 0 Å². The van der Waals surface area contributed by atoms with E-state index in [4.69, 9.17) is 9.47 Å². The highest BCUT2D eigenvalue weighted by atomic mass is 79.9. The Morgan fingerprint density at radius 3 is 2.06 bits per heavy atom. The quantitative estimate of drug-likeness (QED) is 0.265. The van der Waals surface area contributed by atoms with Crippen LogP contribution in [0.1, 0.15) is 17.5 Å². The largest absolute Gasteiger partial charge is 0.494 e. The number of amides is 1. The van der Waals surface area contributed by atoms with E-state index in [1.165, 1.54) is 0 Å². The summed E-state index contributed by atoms with van der Waals surface area (Å²) in [4.78, 5) is 14.9. The minimum absolute atomic E-state index is 0.0375. The number of halogens is 4. The van der Waals surface area contributed by atoms with Gasteiger partial charge in [-0.1, -0.05) is 0 Å². The SMILES string of the molecule is CN[C@@H](Cc1cc(Br)c(OC)c(Br)c1)C(=O)NCCc1cc(Br)c(OCCCN(C)C)c(Br)c1. The Balaban J connectivity index is 1.90. The van der Waals surface area contributed by atoms with Gasteiger partial charge in [-0.15, -0.1) is 0 Å². The predicted octanol–water partition coefficient (Wildman–Crippen LogP) is 5.57. The standard InChI is InChI=1S/C24H31Br4N3O3/c1-29-21(14-16-12-17(25)22(33-4)18(26)13-16)24(32)30-7-6-15-10-19(27)23(20(28)11-15)34-9-5-8-31(2)3/h10-13,21,29H,5-9,14H2,1-4H3,(H,30,32)/t21-/m0/s1. The molecule has 0 aliphatic rings. The highest BCUT2D eigenvalue weighted by molar-refractivity contribution is 9.11. The number of nitrogens with one attached hydrogen (secondary N) is 2. The van der Waals surface area contributed by atoms with E-state index in [0.717, 1.165) is 53.5 Å². The first-order valence-electron chi connectivity index (χ1n) is 10.9. The molecule has 0 aromatic heterocycles. The Hall–Kier alpha value is -0.650. The van der Waals surface area contributed by atoms with Gasteiger partial charge in [-0.25, -0.2) is 0 Å². The second-order valence-electron chi connectivity index (χ2n) is 8.07. The van der Waals surface area contributed by atoms with E-state index >= 15 is 0 Å². The summed E-state index contributed by atoms with van der Waals surface area (Å²) in [6.45, 7) is 2.17. The maximum atomic E-state index is 12.8. The van der Waals surface area contributed by atoms with Crippen LogP contribution in [0.3, 0.4) is 0 Å². The molecule has 10 heteroatoms. The number of carbonyl (C=O) groups excluding carboxylic acids is 1. The second-order valence-corrected chi connectivity index (χ2v) is 11.5. The van der Waals surface area contributed by atoms with E-state index < -0.39 is 0 Å². The second kappa shape index (κ2) is 14.8. The molecular weight excluding hydrogens is 698 g/mol. The molecule has 0 aliphatic carbocycles. The molecular formula is C24H31Br4N3O3. The zero-order chi connectivity index (χ0) is 25.3. The molecule has 2 aromatic carbocycles. The van der Waals surface area contributed by atoms with Crippen LogP contribution in [0.5, 0.6) is 11.5 Å². The maximum Gasteiger partial charge on any atom is 0.237 e. The van der Waals surface area contributed by atoms with Crippen molar-refractivity contribution in [2.24, 2.45) is 0 Å². The van der Waals surface area contributed by atoms with Gasteiger partial charge in [-0.3, -0.25) is 4.79 Å². The number of ether oxygens (including phenoxy) is 2. The Bertz CT molecular complexity index is 926. The van der Waals surface area contributed by atoms with Crippen molar-refractivity contribution in [3.63, 3.8) is 0 Å². The molecule has 2 aromatic rings. The molecule has 1 amide bonds. The van der Waals surface area contributed by atoms with Crippen LogP contribution in [-0.2, 0) is 17.6 Å². The third-order valence-electron chi connectivity index (χ3n) is 5.13. The van der Waals surface area contributed by atoms with Crippen LogP contribution in [0, 0.1) is 0 Å². The van der Waals surface area contributed by atoms with Crippen LogP contribution in [0.25, 0.3) is 0 Å². The molecule has 0 heterocycles. The minimum atomic E-state index is -0.344. The fourth-order valence-electron chi connectivity index (χ4n) is 3.39. The zero-order valence-corrected chi connectivity index (χ0v) is 26.2. The van der Waals surface area contributed by atoms with E-state index in [1.54, 1.807) is 14.2 Å². The average Bonchev–Trinajstić information content (AvgIpc) is 2.76. The maximum absolute atomic E-state index is 12.8. The van der Waals surface area contributed by atoms with Gasteiger partial charge in [0.2, 0.25) is 5.91 Å². The number of methoxy groups -OCH3 is 1. The van der Waals surface area contributed by atoms with Crippen LogP contribution in [0.15, 0.2) is 42.2 Å². The van der Waals surface area contributed by atoms with E-state index in [9.17, 15) is 4.79 Å². The molecule has 0 aliphatic heterocycles. The van der Waals surface area contributed by atoms with Crippen molar-refractivity contribution in [2.75, 3.05) is 47.9 Å². The van der Waals surface area contributed by atoms with Gasteiger partial charge in [0.05, 0.1) is 37.6 Å². The van der Waals surface area contributed by atoms with Gasteiger partial charge in [0.25, 0.3) is 0 Å². The van der Waals surface area contributed by atoms with Crippen LogP contribution >= 0.6 is 63.7 Å². The van der Waals surface area contributed by atoms with Gasteiger partial charge in [-0.05, 0) is 140 Å². The smallest absolute Gasteiger partial charge is 0.237 e. The van der Waals surface area contributed by atoms with E-state index in [2.05, 4.69) is 93.3 Å². The summed E-state index contributed by atoms with van der Waals surface area (Å²) in [5.41, 5.74) is 2.12. The summed E-state index contributed by atoms with van der Waals surface area (Å²) in [6, 6.07) is 7.69. The summed E-state index contributed by atoms with van der Waals surface area (Å²) in [7, 11) is 7.52. The van der Waals surface area contributed by atoms with Crippen LogP contribution in [0.2, 0.25) is 0 Å². The third-order valence-corrected chi connectivity index (χ3v) is 7.49. The third kappa shape index (κ3) is 9.09. The molecule has 0 saturated heterocycles. The van der Waals surface area contributed by atoms with E-state index in [0.29, 0.717) is 26.0 Å². The molecule has 2 rings (SSSR count). The normalized spacial score (nSPS) is 12.0. The Labute approximate surface area is 236 Å². The minimum Gasteiger partial charge on any atom is -0.494 e. The van der Waals surface area contributed by atoms with Gasteiger partial charge in [0, 0.05) is 13.1 Å². The number of hydrogen-bond donors (Lipinski definition) is 2. The number of nitrogens with zero attached hydrogens (tertiary/aromatic N) is 1. The molecule has 0 bridgehead atoms. The molecule has 0 spiro atoms. The van der Waals surface area contributed by atoms with E-state index in [1.807, 2.05) is 24.3 Å². The van der Waals surface area contributed by atoms with Gasteiger partial charge in [0.15, 0.2) is 0 Å². The summed E-state index contributed by atoms with van der Waals surface area (Å²) >= 11 is 14.3. The summed E-state index contributed by atoms with van der Waals surface area (Å²) < 4.78 is 14.8.